The second-order valence-electron chi connectivity index (χ2n) is 6.81. The summed E-state index contributed by atoms with van der Waals surface area (Å²) in [6.45, 7) is 2.67. The van der Waals surface area contributed by atoms with Crippen LogP contribution in [0.25, 0.3) is 0 Å². The van der Waals surface area contributed by atoms with E-state index in [4.69, 9.17) is 4.74 Å². The first-order valence-corrected chi connectivity index (χ1v) is 11.4. The molecule has 1 aliphatic rings. The molecule has 1 fully saturated rings. The number of esters is 1. The predicted octanol–water partition coefficient (Wildman–Crippen LogP) is 3.23. The molecule has 1 N–H and O–H groups in total. The van der Waals surface area contributed by atoms with Crippen molar-refractivity contribution in [2.45, 2.75) is 64.3 Å². The molecule has 0 aliphatic carbocycles. The third kappa shape index (κ3) is 8.06. The highest BCUT2D eigenvalue weighted by atomic mass is 32.3. The van der Waals surface area contributed by atoms with Crippen molar-refractivity contribution in [3.05, 3.63) is 0 Å². The lowest BCUT2D eigenvalue weighted by Crippen LogP contribution is -2.40. The van der Waals surface area contributed by atoms with Gasteiger partial charge in [0.05, 0.1) is 12.4 Å². The molecule has 1 saturated heterocycles. The van der Waals surface area contributed by atoms with Crippen LogP contribution in [0.15, 0.2) is 0 Å². The van der Waals surface area contributed by atoms with E-state index >= 15 is 0 Å². The summed E-state index contributed by atoms with van der Waals surface area (Å²) in [5.41, 5.74) is 0. The van der Waals surface area contributed by atoms with Gasteiger partial charge in [0.2, 0.25) is 5.91 Å². The van der Waals surface area contributed by atoms with E-state index in [1.807, 2.05) is 0 Å². The smallest absolute Gasteiger partial charge is 0.328 e. The van der Waals surface area contributed by atoms with Crippen molar-refractivity contribution in [3.63, 3.8) is 0 Å². The van der Waals surface area contributed by atoms with Gasteiger partial charge in [-0.1, -0.05) is 45.4 Å². The number of ether oxygens (including phenoxy) is 1. The number of hydrogen-bond acceptors (Lipinski definition) is 3. The Morgan fingerprint density at radius 2 is 1.82 bits per heavy atom. The fourth-order valence-corrected chi connectivity index (χ4v) is 4.66. The van der Waals surface area contributed by atoms with E-state index in [1.165, 1.54) is 44.9 Å². The summed E-state index contributed by atoms with van der Waals surface area (Å²) in [5, 5.41) is 2.82. The molecule has 1 atom stereocenters. The molecule has 1 rings (SSSR count). The first-order valence-electron chi connectivity index (χ1n) is 8.59. The molecule has 1 heterocycles. The maximum absolute atomic E-state index is 12.1. The molecule has 5 heteroatoms. The SMILES string of the molecule is CCCCCCCCCS(C)(C)CC(=O)NC1CCOC1=O. The van der Waals surface area contributed by atoms with E-state index in [9.17, 15) is 9.59 Å². The number of amides is 1. The van der Waals surface area contributed by atoms with Crippen LogP contribution in [-0.2, 0) is 14.3 Å². The van der Waals surface area contributed by atoms with E-state index in [2.05, 4.69) is 24.8 Å². The molecule has 4 nitrogen and oxygen atoms in total. The van der Waals surface area contributed by atoms with Gasteiger partial charge in [0, 0.05) is 6.42 Å². The zero-order valence-corrected chi connectivity index (χ0v) is 15.3. The molecule has 0 bridgehead atoms. The third-order valence-electron chi connectivity index (χ3n) is 4.09. The van der Waals surface area contributed by atoms with Gasteiger partial charge in [-0.25, -0.2) is 14.8 Å². The maximum Gasteiger partial charge on any atom is 0.328 e. The number of carbonyl (C=O) groups excluding carboxylic acids is 2. The second-order valence-corrected chi connectivity index (χ2v) is 11.0. The number of hydrogen-bond donors (Lipinski definition) is 1. The van der Waals surface area contributed by atoms with Gasteiger partial charge >= 0.3 is 5.97 Å². The molecule has 0 aromatic heterocycles. The quantitative estimate of drug-likeness (QED) is 0.467. The van der Waals surface area contributed by atoms with Gasteiger partial charge in [-0.2, -0.15) is 0 Å². The summed E-state index contributed by atoms with van der Waals surface area (Å²) in [6.07, 6.45) is 14.2. The van der Waals surface area contributed by atoms with Crippen LogP contribution in [-0.4, -0.2) is 48.5 Å². The topological polar surface area (TPSA) is 55.4 Å². The van der Waals surface area contributed by atoms with Crippen LogP contribution in [0.2, 0.25) is 0 Å². The van der Waals surface area contributed by atoms with E-state index in [0.717, 1.165) is 5.75 Å². The van der Waals surface area contributed by atoms with E-state index in [1.54, 1.807) is 0 Å². The molecule has 22 heavy (non-hydrogen) atoms. The molecule has 0 radical (unpaired) electrons. The first kappa shape index (κ1) is 19.3. The summed E-state index contributed by atoms with van der Waals surface area (Å²) in [5.74, 6) is 1.43. The molecular weight excluding hydrogens is 298 g/mol. The lowest BCUT2D eigenvalue weighted by atomic mass is 10.1. The van der Waals surface area contributed by atoms with Gasteiger partial charge < -0.3 is 10.1 Å². The average Bonchev–Trinajstić information content (AvgIpc) is 2.82. The van der Waals surface area contributed by atoms with Crippen molar-refractivity contribution in [1.82, 2.24) is 5.32 Å². The van der Waals surface area contributed by atoms with Gasteiger partial charge in [0.1, 0.15) is 6.04 Å². The lowest BCUT2D eigenvalue weighted by molar-refractivity contribution is -0.141. The minimum Gasteiger partial charge on any atom is -0.464 e. The fourth-order valence-electron chi connectivity index (χ4n) is 2.74. The highest BCUT2D eigenvalue weighted by Gasteiger charge is 2.28. The Bertz CT molecular complexity index is 358. The van der Waals surface area contributed by atoms with Gasteiger partial charge in [-0.15, -0.1) is 0 Å². The van der Waals surface area contributed by atoms with Crippen molar-refractivity contribution in [1.29, 1.82) is 0 Å². The largest absolute Gasteiger partial charge is 0.464 e. The number of nitrogens with one attached hydrogen (secondary N) is 1. The summed E-state index contributed by atoms with van der Waals surface area (Å²) in [6, 6.07) is -0.415. The Labute approximate surface area is 137 Å². The van der Waals surface area contributed by atoms with Crippen molar-refractivity contribution in [2.24, 2.45) is 0 Å². The van der Waals surface area contributed by atoms with Crippen LogP contribution in [0.4, 0.5) is 0 Å². The van der Waals surface area contributed by atoms with Crippen molar-refractivity contribution in [3.8, 4) is 0 Å². The Hall–Kier alpha value is -0.710. The van der Waals surface area contributed by atoms with Crippen LogP contribution < -0.4 is 5.32 Å². The molecule has 1 amide bonds. The van der Waals surface area contributed by atoms with Crippen molar-refractivity contribution >= 4 is 21.9 Å². The van der Waals surface area contributed by atoms with E-state index in [-0.39, 0.29) is 11.9 Å². The Kier molecular flexibility index (Phi) is 8.91. The number of carbonyl (C=O) groups is 2. The molecular formula is C17H33NO3S. The minimum absolute atomic E-state index is 0.00629. The minimum atomic E-state index is -0.902. The Morgan fingerprint density at radius 3 is 2.41 bits per heavy atom. The molecule has 0 aromatic rings. The standard InChI is InChI=1S/C17H33NO3S/c1-4-5-6-7-8-9-10-13-22(2,3)14-16(19)18-15-11-12-21-17(15)20/h15H,4-14H2,1-3H3,(H,18,19). The van der Waals surface area contributed by atoms with Gasteiger partial charge in [-0.3, -0.25) is 4.79 Å². The first-order chi connectivity index (χ1) is 10.4. The van der Waals surface area contributed by atoms with Gasteiger partial charge in [0.25, 0.3) is 0 Å². The molecule has 0 saturated carbocycles. The monoisotopic (exact) mass is 331 g/mol. The van der Waals surface area contributed by atoms with Gasteiger partial charge in [-0.05, 0) is 24.7 Å². The summed E-state index contributed by atoms with van der Waals surface area (Å²) < 4.78 is 4.87. The molecule has 1 unspecified atom stereocenters. The van der Waals surface area contributed by atoms with Gasteiger partial charge in [0.15, 0.2) is 0 Å². The van der Waals surface area contributed by atoms with Crippen LogP contribution in [0.1, 0.15) is 58.3 Å². The highest BCUT2D eigenvalue weighted by Crippen LogP contribution is 2.40. The summed E-state index contributed by atoms with van der Waals surface area (Å²) in [4.78, 5) is 23.4. The van der Waals surface area contributed by atoms with Crippen molar-refractivity contribution in [2.75, 3.05) is 30.6 Å². The number of rotatable bonds is 11. The van der Waals surface area contributed by atoms with Crippen LogP contribution in [0.5, 0.6) is 0 Å². The number of cyclic esters (lactones) is 1. The second kappa shape index (κ2) is 10.1. The molecule has 0 aromatic carbocycles. The molecule has 1 aliphatic heterocycles. The van der Waals surface area contributed by atoms with Crippen LogP contribution >= 0.6 is 10.0 Å². The third-order valence-corrected chi connectivity index (χ3v) is 6.53. The average molecular weight is 332 g/mol. The van der Waals surface area contributed by atoms with Crippen LogP contribution in [0.3, 0.4) is 0 Å². The number of unbranched alkanes of at least 4 members (excludes halogenated alkanes) is 6. The summed E-state index contributed by atoms with van der Waals surface area (Å²) >= 11 is 0. The Balaban J connectivity index is 2.14. The predicted molar refractivity (Wildman–Crippen MR) is 94.7 cm³/mol. The maximum atomic E-state index is 12.1. The summed E-state index contributed by atoms with van der Waals surface area (Å²) in [7, 11) is -0.902. The normalized spacial score (nSPS) is 19.0. The fraction of sp³-hybridized carbons (Fsp3) is 0.882. The van der Waals surface area contributed by atoms with E-state index in [0.29, 0.717) is 18.8 Å². The Morgan fingerprint density at radius 1 is 1.18 bits per heavy atom. The lowest BCUT2D eigenvalue weighted by Gasteiger charge is -2.30. The van der Waals surface area contributed by atoms with E-state index < -0.39 is 16.1 Å². The molecule has 0 spiro atoms. The molecule has 130 valence electrons. The van der Waals surface area contributed by atoms with Crippen molar-refractivity contribution < 1.29 is 14.3 Å². The zero-order valence-electron chi connectivity index (χ0n) is 14.5. The van der Waals surface area contributed by atoms with Crippen LogP contribution in [0, 0.1) is 0 Å². The zero-order chi connectivity index (χ0) is 16.4. The highest BCUT2D eigenvalue weighted by molar-refractivity contribution is 8.33.